The van der Waals surface area contributed by atoms with Crippen molar-refractivity contribution in [2.75, 3.05) is 0 Å². The van der Waals surface area contributed by atoms with Crippen molar-refractivity contribution in [3.8, 4) is 11.5 Å². The Morgan fingerprint density at radius 1 is 1.19 bits per heavy atom. The number of fused-ring (bicyclic) bond motifs is 1. The van der Waals surface area contributed by atoms with Crippen molar-refractivity contribution < 1.29 is 23.5 Å². The molecule has 4 nitrogen and oxygen atoms in total. The van der Waals surface area contributed by atoms with Crippen molar-refractivity contribution in [1.29, 1.82) is 0 Å². The number of carbonyl (C=O) groups is 2. The molecule has 0 aliphatic carbocycles. The van der Waals surface area contributed by atoms with Crippen LogP contribution in [0.5, 0.6) is 11.5 Å². The van der Waals surface area contributed by atoms with E-state index in [0.29, 0.717) is 11.3 Å². The summed E-state index contributed by atoms with van der Waals surface area (Å²) in [6, 6.07) is 12.0. The lowest BCUT2D eigenvalue weighted by atomic mass is 10.1. The Morgan fingerprint density at radius 2 is 2.00 bits per heavy atom. The summed E-state index contributed by atoms with van der Waals surface area (Å²) in [5, 5.41) is 1.94. The van der Waals surface area contributed by atoms with Crippen molar-refractivity contribution in [3.05, 3.63) is 87.1 Å². The molecule has 1 aromatic heterocycles. The SMILES string of the molecule is Cc1ccsc1C=C1Oc2cc(OC(=O)c3ccccc3F)ccc2C1=O. The molecular weight excluding hydrogens is 367 g/mol. The molecule has 0 amide bonds. The van der Waals surface area contributed by atoms with Crippen LogP contribution in [0.15, 0.2) is 59.7 Å². The summed E-state index contributed by atoms with van der Waals surface area (Å²) < 4.78 is 24.6. The zero-order chi connectivity index (χ0) is 19.0. The maximum atomic E-state index is 13.7. The van der Waals surface area contributed by atoms with E-state index >= 15 is 0 Å². The number of rotatable bonds is 3. The number of allylic oxidation sites excluding steroid dienone is 1. The fourth-order valence-electron chi connectivity index (χ4n) is 2.67. The van der Waals surface area contributed by atoms with Gasteiger partial charge in [0, 0.05) is 17.0 Å². The van der Waals surface area contributed by atoms with Crippen LogP contribution in [0.25, 0.3) is 6.08 Å². The Kier molecular flexibility index (Phi) is 4.33. The fourth-order valence-corrected chi connectivity index (χ4v) is 3.52. The average molecular weight is 380 g/mol. The zero-order valence-corrected chi connectivity index (χ0v) is 15.0. The van der Waals surface area contributed by atoms with Gasteiger partial charge in [-0.25, -0.2) is 9.18 Å². The normalized spacial score (nSPS) is 14.1. The van der Waals surface area contributed by atoms with Crippen molar-refractivity contribution in [2.45, 2.75) is 6.92 Å². The van der Waals surface area contributed by atoms with Gasteiger partial charge in [-0.05, 0) is 48.2 Å². The number of Topliss-reactive ketones (excluding diaryl/α,β-unsaturated/α-hetero) is 1. The molecule has 4 rings (SSSR count). The van der Waals surface area contributed by atoms with Crippen molar-refractivity contribution in [3.63, 3.8) is 0 Å². The first-order valence-corrected chi connectivity index (χ1v) is 9.00. The Morgan fingerprint density at radius 3 is 2.74 bits per heavy atom. The highest BCUT2D eigenvalue weighted by molar-refractivity contribution is 7.11. The molecule has 0 fully saturated rings. The number of ketones is 1. The molecule has 0 bridgehead atoms. The molecule has 1 aliphatic heterocycles. The van der Waals surface area contributed by atoms with E-state index in [4.69, 9.17) is 9.47 Å². The second kappa shape index (κ2) is 6.81. The molecule has 6 heteroatoms. The van der Waals surface area contributed by atoms with Crippen LogP contribution >= 0.6 is 11.3 Å². The predicted molar refractivity (Wildman–Crippen MR) is 99.8 cm³/mol. The topological polar surface area (TPSA) is 52.6 Å². The molecule has 0 unspecified atom stereocenters. The summed E-state index contributed by atoms with van der Waals surface area (Å²) in [6.07, 6.45) is 1.70. The number of hydrogen-bond acceptors (Lipinski definition) is 5. The zero-order valence-electron chi connectivity index (χ0n) is 14.2. The molecule has 27 heavy (non-hydrogen) atoms. The first-order chi connectivity index (χ1) is 13.0. The Balaban J connectivity index is 1.58. The van der Waals surface area contributed by atoms with E-state index in [1.54, 1.807) is 12.1 Å². The molecule has 0 atom stereocenters. The summed E-state index contributed by atoms with van der Waals surface area (Å²) in [7, 11) is 0. The van der Waals surface area contributed by atoms with E-state index in [1.807, 2.05) is 18.4 Å². The highest BCUT2D eigenvalue weighted by Gasteiger charge is 2.28. The summed E-state index contributed by atoms with van der Waals surface area (Å²) >= 11 is 1.51. The smallest absolute Gasteiger partial charge is 0.346 e. The van der Waals surface area contributed by atoms with Crippen LogP contribution in [0.2, 0.25) is 0 Å². The largest absolute Gasteiger partial charge is 0.452 e. The maximum absolute atomic E-state index is 13.7. The Bertz CT molecular complexity index is 1100. The molecular formula is C21H13FO4S. The number of esters is 1. The third-order valence-corrected chi connectivity index (χ3v) is 5.08. The molecule has 134 valence electrons. The van der Waals surface area contributed by atoms with Crippen LogP contribution in [0.4, 0.5) is 4.39 Å². The van der Waals surface area contributed by atoms with Gasteiger partial charge in [0.25, 0.3) is 0 Å². The first kappa shape index (κ1) is 17.2. The number of benzene rings is 2. The summed E-state index contributed by atoms with van der Waals surface area (Å²) in [5.74, 6) is -1.02. The van der Waals surface area contributed by atoms with Crippen LogP contribution in [0.3, 0.4) is 0 Å². The lowest BCUT2D eigenvalue weighted by molar-refractivity contribution is 0.0729. The van der Waals surface area contributed by atoms with Crippen LogP contribution in [0.1, 0.15) is 31.2 Å². The second-order valence-electron chi connectivity index (χ2n) is 5.93. The van der Waals surface area contributed by atoms with Gasteiger partial charge in [0.1, 0.15) is 17.3 Å². The molecule has 2 heterocycles. The van der Waals surface area contributed by atoms with E-state index in [9.17, 15) is 14.0 Å². The number of carbonyl (C=O) groups excluding carboxylic acids is 2. The molecule has 3 aromatic rings. The number of aryl methyl sites for hydroxylation is 1. The second-order valence-corrected chi connectivity index (χ2v) is 6.88. The van der Waals surface area contributed by atoms with Gasteiger partial charge in [-0.1, -0.05) is 12.1 Å². The lowest BCUT2D eigenvalue weighted by Crippen LogP contribution is -2.10. The minimum atomic E-state index is -0.817. The van der Waals surface area contributed by atoms with Crippen LogP contribution in [-0.2, 0) is 0 Å². The van der Waals surface area contributed by atoms with Gasteiger partial charge in [-0.15, -0.1) is 11.3 Å². The highest BCUT2D eigenvalue weighted by atomic mass is 32.1. The number of hydrogen-bond donors (Lipinski definition) is 0. The third kappa shape index (κ3) is 3.27. The summed E-state index contributed by atoms with van der Waals surface area (Å²) in [5.41, 5.74) is 1.28. The highest BCUT2D eigenvalue weighted by Crippen LogP contribution is 2.35. The molecule has 2 aromatic carbocycles. The minimum Gasteiger partial charge on any atom is -0.452 e. The lowest BCUT2D eigenvalue weighted by Gasteiger charge is -2.06. The molecule has 0 N–H and O–H groups in total. The van der Waals surface area contributed by atoms with Crippen molar-refractivity contribution in [1.82, 2.24) is 0 Å². The van der Waals surface area contributed by atoms with Crippen molar-refractivity contribution >= 4 is 29.2 Å². The summed E-state index contributed by atoms with van der Waals surface area (Å²) in [4.78, 5) is 25.6. The van der Waals surface area contributed by atoms with Gasteiger partial charge in [0.15, 0.2) is 5.76 Å². The first-order valence-electron chi connectivity index (χ1n) is 8.12. The van der Waals surface area contributed by atoms with E-state index < -0.39 is 11.8 Å². The van der Waals surface area contributed by atoms with E-state index in [1.165, 1.54) is 47.7 Å². The van der Waals surface area contributed by atoms with Crippen molar-refractivity contribution in [2.24, 2.45) is 0 Å². The van der Waals surface area contributed by atoms with Gasteiger partial charge in [-0.2, -0.15) is 0 Å². The van der Waals surface area contributed by atoms with E-state index in [2.05, 4.69) is 0 Å². The molecule has 0 spiro atoms. The molecule has 0 saturated carbocycles. The van der Waals surface area contributed by atoms with Gasteiger partial charge in [-0.3, -0.25) is 4.79 Å². The predicted octanol–water partition coefficient (Wildman–Crippen LogP) is 5.03. The number of ether oxygens (including phenoxy) is 2. The van der Waals surface area contributed by atoms with Gasteiger partial charge < -0.3 is 9.47 Å². The quantitative estimate of drug-likeness (QED) is 0.363. The molecule has 0 saturated heterocycles. The van der Waals surface area contributed by atoms with E-state index in [-0.39, 0.29) is 22.9 Å². The fraction of sp³-hybridized carbons (Fsp3) is 0.0476. The maximum Gasteiger partial charge on any atom is 0.346 e. The van der Waals surface area contributed by atoms with Crippen LogP contribution in [-0.4, -0.2) is 11.8 Å². The average Bonchev–Trinajstić information content (AvgIpc) is 3.19. The number of thiophene rings is 1. The van der Waals surface area contributed by atoms with Gasteiger partial charge >= 0.3 is 5.97 Å². The van der Waals surface area contributed by atoms with Gasteiger partial charge in [0.05, 0.1) is 11.1 Å². The number of halogens is 1. The Hall–Kier alpha value is -3.25. The monoisotopic (exact) mass is 380 g/mol. The molecule has 0 radical (unpaired) electrons. The Labute approximate surface area is 158 Å². The molecule has 1 aliphatic rings. The standard InChI is InChI=1S/C21H13FO4S/c1-12-8-9-27-19(12)11-18-20(23)15-7-6-13(10-17(15)26-18)25-21(24)14-4-2-3-5-16(14)22/h2-11H,1H3. The van der Waals surface area contributed by atoms with E-state index in [0.717, 1.165) is 10.4 Å². The third-order valence-electron chi connectivity index (χ3n) is 4.11. The minimum absolute atomic E-state index is 0.163. The summed E-state index contributed by atoms with van der Waals surface area (Å²) in [6.45, 7) is 1.95. The van der Waals surface area contributed by atoms with Crippen LogP contribution < -0.4 is 9.47 Å². The van der Waals surface area contributed by atoms with Gasteiger partial charge in [0.2, 0.25) is 5.78 Å². The van der Waals surface area contributed by atoms with Crippen LogP contribution in [0, 0.1) is 12.7 Å².